The van der Waals surface area contributed by atoms with E-state index in [0.717, 1.165) is 12.0 Å². The van der Waals surface area contributed by atoms with Crippen molar-refractivity contribution < 1.29 is 9.90 Å². The summed E-state index contributed by atoms with van der Waals surface area (Å²) >= 11 is 0. The number of hydrogen-bond acceptors (Lipinski definition) is 2. The molecular weight excluding hydrogens is 154 g/mol. The third-order valence-corrected chi connectivity index (χ3v) is 1.67. The maximum Gasteiger partial charge on any atom is 0.337 e. The fourth-order valence-electron chi connectivity index (χ4n) is 1.06. The molecular formula is C9H11NO2. The average Bonchev–Trinajstić information content (AvgIpc) is 2.10. The van der Waals surface area contributed by atoms with Crippen molar-refractivity contribution >= 4 is 5.97 Å². The Labute approximate surface area is 70.9 Å². The van der Waals surface area contributed by atoms with Crippen LogP contribution in [0.2, 0.25) is 0 Å². The highest BCUT2D eigenvalue weighted by Crippen LogP contribution is 2.13. The summed E-state index contributed by atoms with van der Waals surface area (Å²) in [5.41, 5.74) is 7.11. The van der Waals surface area contributed by atoms with Gasteiger partial charge in [0.15, 0.2) is 0 Å². The molecule has 0 fully saturated rings. The minimum absolute atomic E-state index is 0.173. The molecule has 12 heavy (non-hydrogen) atoms. The summed E-state index contributed by atoms with van der Waals surface area (Å²) in [5.74, 6) is -0.977. The Morgan fingerprint density at radius 3 is 2.92 bits per heavy atom. The smallest absolute Gasteiger partial charge is 0.337 e. The molecule has 3 heteroatoms. The molecule has 0 aromatic rings. The summed E-state index contributed by atoms with van der Waals surface area (Å²) in [6.07, 6.45) is 5.81. The second-order valence-corrected chi connectivity index (χ2v) is 2.77. The van der Waals surface area contributed by atoms with Gasteiger partial charge in [0.1, 0.15) is 0 Å². The molecule has 0 unspecified atom stereocenters. The largest absolute Gasteiger partial charge is 0.478 e. The van der Waals surface area contributed by atoms with Crippen LogP contribution in [-0.2, 0) is 4.79 Å². The minimum atomic E-state index is -0.977. The van der Waals surface area contributed by atoms with Crippen LogP contribution in [0.15, 0.2) is 35.1 Å². The van der Waals surface area contributed by atoms with Gasteiger partial charge in [0.2, 0.25) is 0 Å². The highest BCUT2D eigenvalue weighted by Gasteiger charge is 2.09. The van der Waals surface area contributed by atoms with Crippen LogP contribution in [0.5, 0.6) is 0 Å². The number of nitrogens with two attached hydrogens (primary N) is 1. The van der Waals surface area contributed by atoms with Crippen molar-refractivity contribution in [3.8, 4) is 0 Å². The molecule has 0 spiro atoms. The van der Waals surface area contributed by atoms with E-state index in [-0.39, 0.29) is 5.57 Å². The lowest BCUT2D eigenvalue weighted by Gasteiger charge is -1.97. The number of allylic oxidation sites excluding steroid dienone is 3. The van der Waals surface area contributed by atoms with Crippen LogP contribution >= 0.6 is 0 Å². The zero-order valence-electron chi connectivity index (χ0n) is 6.87. The molecule has 0 heterocycles. The van der Waals surface area contributed by atoms with E-state index in [4.69, 9.17) is 10.8 Å². The molecule has 0 atom stereocenters. The van der Waals surface area contributed by atoms with Crippen molar-refractivity contribution in [3.05, 3.63) is 35.1 Å². The van der Waals surface area contributed by atoms with Gasteiger partial charge in [0.05, 0.1) is 5.57 Å². The van der Waals surface area contributed by atoms with Crippen molar-refractivity contribution in [1.29, 1.82) is 0 Å². The van der Waals surface area contributed by atoms with Crippen LogP contribution in [-0.4, -0.2) is 11.1 Å². The van der Waals surface area contributed by atoms with Gasteiger partial charge in [-0.2, -0.15) is 0 Å². The Bertz CT molecular complexity index is 298. The number of hydrogen-bond donors (Lipinski definition) is 2. The summed E-state index contributed by atoms with van der Waals surface area (Å²) < 4.78 is 0. The Balaban J connectivity index is 3.11. The van der Waals surface area contributed by atoms with Crippen molar-refractivity contribution in [2.24, 2.45) is 5.73 Å². The second-order valence-electron chi connectivity index (χ2n) is 2.77. The van der Waals surface area contributed by atoms with Crippen molar-refractivity contribution in [1.82, 2.24) is 0 Å². The van der Waals surface area contributed by atoms with E-state index in [1.807, 2.05) is 6.92 Å². The van der Waals surface area contributed by atoms with Gasteiger partial charge in [0, 0.05) is 5.70 Å². The lowest BCUT2D eigenvalue weighted by atomic mass is 10.2. The zero-order chi connectivity index (χ0) is 9.14. The monoisotopic (exact) mass is 165 g/mol. The Morgan fingerprint density at radius 1 is 1.67 bits per heavy atom. The van der Waals surface area contributed by atoms with E-state index in [9.17, 15) is 4.79 Å². The van der Waals surface area contributed by atoms with E-state index in [2.05, 4.69) is 0 Å². The van der Waals surface area contributed by atoms with Crippen LogP contribution in [0.1, 0.15) is 13.3 Å². The number of carbonyl (C=O) groups is 1. The van der Waals surface area contributed by atoms with Crippen molar-refractivity contribution in [2.75, 3.05) is 0 Å². The van der Waals surface area contributed by atoms with Gasteiger partial charge in [-0.05, 0) is 25.5 Å². The van der Waals surface area contributed by atoms with Gasteiger partial charge in [-0.1, -0.05) is 11.6 Å². The first kappa shape index (κ1) is 8.59. The molecule has 3 N–H and O–H groups in total. The van der Waals surface area contributed by atoms with Gasteiger partial charge in [-0.25, -0.2) is 4.79 Å². The summed E-state index contributed by atoms with van der Waals surface area (Å²) in [4.78, 5) is 10.6. The maximum atomic E-state index is 10.6. The molecule has 0 bridgehead atoms. The highest BCUT2D eigenvalue weighted by atomic mass is 16.4. The normalized spacial score (nSPS) is 17.2. The third kappa shape index (κ3) is 1.75. The van der Waals surface area contributed by atoms with E-state index >= 15 is 0 Å². The Hall–Kier alpha value is -1.51. The second kappa shape index (κ2) is 3.26. The summed E-state index contributed by atoms with van der Waals surface area (Å²) in [7, 11) is 0. The summed E-state index contributed by atoms with van der Waals surface area (Å²) in [6.45, 7) is 1.92. The fraction of sp³-hybridized carbons (Fsp3) is 0.222. The van der Waals surface area contributed by atoms with E-state index in [1.54, 1.807) is 18.2 Å². The van der Waals surface area contributed by atoms with E-state index in [0.29, 0.717) is 5.70 Å². The molecule has 64 valence electrons. The van der Waals surface area contributed by atoms with Crippen LogP contribution in [0.4, 0.5) is 0 Å². The molecule has 0 saturated carbocycles. The van der Waals surface area contributed by atoms with Crippen LogP contribution in [0.25, 0.3) is 0 Å². The van der Waals surface area contributed by atoms with Gasteiger partial charge in [-0.15, -0.1) is 0 Å². The topological polar surface area (TPSA) is 63.3 Å². The molecule has 1 aliphatic rings. The minimum Gasteiger partial charge on any atom is -0.478 e. The molecule has 0 saturated heterocycles. The predicted octanol–water partition coefficient (Wildman–Crippen LogP) is 1.19. The molecule has 3 nitrogen and oxygen atoms in total. The van der Waals surface area contributed by atoms with Crippen LogP contribution in [0, 0.1) is 0 Å². The number of carboxylic acid groups (broad SMARTS) is 1. The number of aliphatic carboxylic acids is 1. The van der Waals surface area contributed by atoms with Gasteiger partial charge >= 0.3 is 5.97 Å². The zero-order valence-corrected chi connectivity index (χ0v) is 6.87. The van der Waals surface area contributed by atoms with Crippen LogP contribution in [0.3, 0.4) is 0 Å². The lowest BCUT2D eigenvalue weighted by Crippen LogP contribution is -2.06. The van der Waals surface area contributed by atoms with Crippen molar-refractivity contribution in [3.63, 3.8) is 0 Å². The van der Waals surface area contributed by atoms with Gasteiger partial charge < -0.3 is 10.8 Å². The fourth-order valence-corrected chi connectivity index (χ4v) is 1.06. The highest BCUT2D eigenvalue weighted by molar-refractivity contribution is 5.91. The van der Waals surface area contributed by atoms with E-state index < -0.39 is 5.97 Å². The van der Waals surface area contributed by atoms with Gasteiger partial charge in [0.25, 0.3) is 0 Å². The SMILES string of the molecule is CC1=CC(N)=C(C(=O)O)C=CC1. The molecule has 0 aliphatic heterocycles. The molecule has 0 aromatic carbocycles. The molecule has 1 rings (SSSR count). The Kier molecular flexibility index (Phi) is 2.33. The first-order chi connectivity index (χ1) is 5.61. The average molecular weight is 165 g/mol. The number of rotatable bonds is 1. The third-order valence-electron chi connectivity index (χ3n) is 1.67. The lowest BCUT2D eigenvalue weighted by molar-refractivity contribution is -0.132. The van der Waals surface area contributed by atoms with Crippen LogP contribution < -0.4 is 5.73 Å². The predicted molar refractivity (Wildman–Crippen MR) is 46.4 cm³/mol. The molecule has 0 amide bonds. The summed E-state index contributed by atoms with van der Waals surface area (Å²) in [6, 6.07) is 0. The standard InChI is InChI=1S/C9H11NO2/c1-6-3-2-4-7(9(11)12)8(10)5-6/h2,4-5H,3,10H2,1H3,(H,11,12). The quantitative estimate of drug-likeness (QED) is 0.613. The first-order valence-corrected chi connectivity index (χ1v) is 3.68. The van der Waals surface area contributed by atoms with E-state index in [1.165, 1.54) is 0 Å². The molecule has 0 aromatic heterocycles. The summed E-state index contributed by atoms with van der Waals surface area (Å²) in [5, 5.41) is 8.70. The molecule has 1 aliphatic carbocycles. The maximum absolute atomic E-state index is 10.6. The van der Waals surface area contributed by atoms with Crippen molar-refractivity contribution in [2.45, 2.75) is 13.3 Å². The number of carboxylic acids is 1. The van der Waals surface area contributed by atoms with Gasteiger partial charge in [-0.3, -0.25) is 0 Å². The first-order valence-electron chi connectivity index (χ1n) is 3.68. The Morgan fingerprint density at radius 2 is 2.33 bits per heavy atom. The molecule has 0 radical (unpaired) electrons.